The largest absolute Gasteiger partial charge is 0.383 e. The standard InChI is InChI=1S/C9H22N2O7S3/c1-18-7-4-10(5-8-20(12,13)14)2-3-11(19)6-9-21(15,16)17/h19H,2-9H2,1H3,(H,12,13,14)(H,15,16,17). The smallest absolute Gasteiger partial charge is 0.266 e. The van der Waals surface area contributed by atoms with Crippen molar-refractivity contribution in [2.75, 3.05) is 57.9 Å². The van der Waals surface area contributed by atoms with Crippen molar-refractivity contribution < 1.29 is 30.7 Å². The van der Waals surface area contributed by atoms with Gasteiger partial charge in [0.15, 0.2) is 0 Å². The monoisotopic (exact) mass is 366 g/mol. The maximum atomic E-state index is 10.7. The Bertz CT molecular complexity index is 480. The molecule has 0 aromatic heterocycles. The summed E-state index contributed by atoms with van der Waals surface area (Å²) in [6.45, 7) is 1.79. The number of rotatable bonds is 12. The third-order valence-electron chi connectivity index (χ3n) is 2.56. The highest BCUT2D eigenvalue weighted by Crippen LogP contribution is 1.98. The number of thiol groups is 1. The van der Waals surface area contributed by atoms with Crippen LogP contribution in [0.15, 0.2) is 0 Å². The van der Waals surface area contributed by atoms with E-state index in [0.717, 1.165) is 0 Å². The zero-order valence-corrected chi connectivity index (χ0v) is 14.3. The number of nitrogens with zero attached hydrogens (tertiary/aromatic N) is 2. The predicted molar refractivity (Wildman–Crippen MR) is 81.7 cm³/mol. The minimum atomic E-state index is -4.04. The summed E-state index contributed by atoms with van der Waals surface area (Å²) in [5.74, 6) is -0.826. The zero-order valence-electron chi connectivity index (χ0n) is 11.8. The fourth-order valence-electron chi connectivity index (χ4n) is 1.39. The van der Waals surface area contributed by atoms with Gasteiger partial charge in [-0.3, -0.25) is 18.3 Å². The molecule has 0 heterocycles. The van der Waals surface area contributed by atoms with E-state index in [9.17, 15) is 16.8 Å². The van der Waals surface area contributed by atoms with Gasteiger partial charge in [-0.05, 0) is 0 Å². The van der Waals surface area contributed by atoms with E-state index in [2.05, 4.69) is 12.8 Å². The number of ether oxygens (including phenoxy) is 1. The molecule has 128 valence electrons. The van der Waals surface area contributed by atoms with Gasteiger partial charge in [0.25, 0.3) is 20.2 Å². The predicted octanol–water partition coefficient (Wildman–Crippen LogP) is -1.14. The average molecular weight is 366 g/mol. The molecule has 12 heteroatoms. The van der Waals surface area contributed by atoms with Gasteiger partial charge < -0.3 is 4.74 Å². The van der Waals surface area contributed by atoms with Gasteiger partial charge in [0, 0.05) is 39.8 Å². The Hall–Kier alpha value is 0.0500. The lowest BCUT2D eigenvalue weighted by Crippen LogP contribution is -2.37. The van der Waals surface area contributed by atoms with Gasteiger partial charge in [-0.1, -0.05) is 12.8 Å². The molecular weight excluding hydrogens is 344 g/mol. The SMILES string of the molecule is COCCN(CCN(S)CCS(=O)(=O)O)CCS(=O)(=O)O. The summed E-state index contributed by atoms with van der Waals surface area (Å²) in [5, 5.41) is 0. The third kappa shape index (κ3) is 14.7. The highest BCUT2D eigenvalue weighted by atomic mass is 32.2. The second kappa shape index (κ2) is 9.94. The van der Waals surface area contributed by atoms with Gasteiger partial charge >= 0.3 is 0 Å². The van der Waals surface area contributed by atoms with Crippen molar-refractivity contribution in [3.05, 3.63) is 0 Å². The Labute approximate surface area is 131 Å². The Morgan fingerprint density at radius 2 is 1.43 bits per heavy atom. The van der Waals surface area contributed by atoms with E-state index in [-0.39, 0.29) is 13.1 Å². The van der Waals surface area contributed by atoms with Crippen molar-refractivity contribution in [3.63, 3.8) is 0 Å². The van der Waals surface area contributed by atoms with Crippen LogP contribution in [0.4, 0.5) is 0 Å². The molecule has 0 aliphatic carbocycles. The topological polar surface area (TPSA) is 124 Å². The fraction of sp³-hybridized carbons (Fsp3) is 1.00. The Morgan fingerprint density at radius 1 is 0.905 bits per heavy atom. The van der Waals surface area contributed by atoms with Crippen molar-refractivity contribution in [1.82, 2.24) is 9.21 Å². The van der Waals surface area contributed by atoms with Gasteiger partial charge in [-0.2, -0.15) is 16.8 Å². The van der Waals surface area contributed by atoms with Crippen molar-refractivity contribution in [3.8, 4) is 0 Å². The van der Waals surface area contributed by atoms with Crippen LogP contribution in [0.3, 0.4) is 0 Å². The lowest BCUT2D eigenvalue weighted by atomic mass is 10.4. The van der Waals surface area contributed by atoms with E-state index >= 15 is 0 Å². The second-order valence-corrected chi connectivity index (χ2v) is 8.07. The quantitative estimate of drug-likeness (QED) is 0.290. The van der Waals surface area contributed by atoms with Crippen LogP contribution < -0.4 is 0 Å². The molecule has 0 saturated heterocycles. The van der Waals surface area contributed by atoms with E-state index in [1.165, 1.54) is 11.4 Å². The summed E-state index contributed by atoms with van der Waals surface area (Å²) in [7, 11) is -6.57. The van der Waals surface area contributed by atoms with Gasteiger partial charge in [-0.25, -0.2) is 0 Å². The molecule has 0 radical (unpaired) electrons. The fourth-order valence-corrected chi connectivity index (χ4v) is 2.65. The molecule has 2 N–H and O–H groups in total. The van der Waals surface area contributed by atoms with Crippen LogP contribution in [0, 0.1) is 0 Å². The summed E-state index contributed by atoms with van der Waals surface area (Å²) >= 11 is 4.07. The zero-order chi connectivity index (χ0) is 16.5. The van der Waals surface area contributed by atoms with Gasteiger partial charge in [0.2, 0.25) is 0 Å². The normalized spacial score (nSPS) is 13.2. The number of methoxy groups -OCH3 is 1. The summed E-state index contributed by atoms with van der Waals surface area (Å²) in [4.78, 5) is 1.74. The molecule has 9 nitrogen and oxygen atoms in total. The average Bonchev–Trinajstić information content (AvgIpc) is 2.33. The summed E-state index contributed by atoms with van der Waals surface area (Å²) in [6.07, 6.45) is 0. The van der Waals surface area contributed by atoms with Crippen molar-refractivity contribution in [2.45, 2.75) is 0 Å². The summed E-state index contributed by atoms with van der Waals surface area (Å²) in [6, 6.07) is 0. The third-order valence-corrected chi connectivity index (χ3v) is 4.36. The van der Waals surface area contributed by atoms with E-state index < -0.39 is 31.7 Å². The van der Waals surface area contributed by atoms with Gasteiger partial charge in [0.05, 0.1) is 18.1 Å². The Kier molecular flexibility index (Phi) is 9.97. The minimum absolute atomic E-state index is 0.0400. The van der Waals surface area contributed by atoms with Crippen molar-refractivity contribution in [1.29, 1.82) is 0 Å². The van der Waals surface area contributed by atoms with E-state index in [0.29, 0.717) is 26.2 Å². The first-order valence-electron chi connectivity index (χ1n) is 6.09. The number of hydrogen-bond donors (Lipinski definition) is 3. The molecule has 0 amide bonds. The first-order chi connectivity index (χ1) is 9.53. The van der Waals surface area contributed by atoms with E-state index in [1.807, 2.05) is 0 Å². The van der Waals surface area contributed by atoms with Gasteiger partial charge in [0.1, 0.15) is 0 Å². The van der Waals surface area contributed by atoms with Crippen molar-refractivity contribution >= 4 is 33.1 Å². The molecule has 0 atom stereocenters. The second-order valence-electron chi connectivity index (χ2n) is 4.36. The van der Waals surface area contributed by atoms with Crippen LogP contribution in [0.5, 0.6) is 0 Å². The highest BCUT2D eigenvalue weighted by molar-refractivity contribution is 7.86. The van der Waals surface area contributed by atoms with E-state index in [4.69, 9.17) is 13.8 Å². The Balaban J connectivity index is 4.20. The molecule has 0 saturated carbocycles. The molecule has 0 aromatic rings. The molecule has 0 spiro atoms. The van der Waals surface area contributed by atoms with Crippen molar-refractivity contribution in [2.24, 2.45) is 0 Å². The first kappa shape index (κ1) is 21.0. The lowest BCUT2D eigenvalue weighted by Gasteiger charge is -2.24. The molecule has 0 bridgehead atoms. The number of hydrogen-bond acceptors (Lipinski definition) is 8. The molecule has 0 aliphatic rings. The molecule has 0 rings (SSSR count). The Morgan fingerprint density at radius 3 is 1.90 bits per heavy atom. The maximum absolute atomic E-state index is 10.7. The summed E-state index contributed by atoms with van der Waals surface area (Å²) in [5.41, 5.74) is 0. The minimum Gasteiger partial charge on any atom is -0.383 e. The van der Waals surface area contributed by atoms with Crippen LogP contribution in [0.2, 0.25) is 0 Å². The van der Waals surface area contributed by atoms with Crippen LogP contribution >= 0.6 is 12.8 Å². The highest BCUT2D eigenvalue weighted by Gasteiger charge is 2.13. The molecule has 0 fully saturated rings. The van der Waals surface area contributed by atoms with Crippen LogP contribution in [0.25, 0.3) is 0 Å². The van der Waals surface area contributed by atoms with Crippen LogP contribution in [-0.4, -0.2) is 93.1 Å². The molecule has 0 aliphatic heterocycles. The van der Waals surface area contributed by atoms with E-state index in [1.54, 1.807) is 4.90 Å². The van der Waals surface area contributed by atoms with Gasteiger partial charge in [-0.15, -0.1) is 0 Å². The lowest BCUT2D eigenvalue weighted by molar-refractivity contribution is 0.148. The first-order valence-corrected chi connectivity index (χ1v) is 9.71. The summed E-state index contributed by atoms with van der Waals surface area (Å²) < 4.78 is 66.3. The molecule has 21 heavy (non-hydrogen) atoms. The van der Waals surface area contributed by atoms with Crippen LogP contribution in [-0.2, 0) is 25.0 Å². The molecule has 0 aromatic carbocycles. The maximum Gasteiger partial charge on any atom is 0.266 e. The molecular formula is C9H22N2O7S3. The van der Waals surface area contributed by atoms with Crippen LogP contribution in [0.1, 0.15) is 0 Å². The molecule has 0 unspecified atom stereocenters.